The fraction of sp³-hybridized carbons (Fsp3) is 0.938. The van der Waals surface area contributed by atoms with Crippen LogP contribution < -0.4 is 0 Å². The second kappa shape index (κ2) is 6.02. The highest BCUT2D eigenvalue weighted by Crippen LogP contribution is 2.48. The minimum Gasteiger partial charge on any atom is -0.384 e. The van der Waals surface area contributed by atoms with Crippen molar-refractivity contribution in [2.24, 2.45) is 11.3 Å². The zero-order valence-electron chi connectivity index (χ0n) is 12.6. The van der Waals surface area contributed by atoms with Gasteiger partial charge in [-0.2, -0.15) is 0 Å². The van der Waals surface area contributed by atoms with Crippen LogP contribution in [0, 0.1) is 11.3 Å². The number of amides is 1. The highest BCUT2D eigenvalue weighted by Gasteiger charge is 2.50. The Labute approximate surface area is 121 Å². The highest BCUT2D eigenvalue weighted by atomic mass is 16.5. The Morgan fingerprint density at radius 1 is 1.25 bits per heavy atom. The van der Waals surface area contributed by atoms with E-state index in [4.69, 9.17) is 9.47 Å². The fourth-order valence-electron chi connectivity index (χ4n) is 4.46. The van der Waals surface area contributed by atoms with Crippen LogP contribution in [0.4, 0.5) is 0 Å². The van der Waals surface area contributed by atoms with Gasteiger partial charge < -0.3 is 14.4 Å². The highest BCUT2D eigenvalue weighted by molar-refractivity contribution is 5.78. The van der Waals surface area contributed by atoms with Gasteiger partial charge in [0, 0.05) is 25.6 Å². The molecule has 114 valence electrons. The average Bonchev–Trinajstić information content (AvgIpc) is 3.10. The van der Waals surface area contributed by atoms with Crippen molar-refractivity contribution in [1.82, 2.24) is 4.90 Å². The van der Waals surface area contributed by atoms with Gasteiger partial charge in [-0.1, -0.05) is 19.3 Å². The zero-order chi connectivity index (χ0) is 14.0. The number of carbonyl (C=O) groups is 1. The lowest BCUT2D eigenvalue weighted by atomic mass is 9.82. The largest absolute Gasteiger partial charge is 0.384 e. The van der Waals surface area contributed by atoms with Gasteiger partial charge in [-0.05, 0) is 31.6 Å². The number of carbonyl (C=O) groups excluding carboxylic acids is 1. The van der Waals surface area contributed by atoms with E-state index in [-0.39, 0.29) is 17.9 Å². The predicted octanol–water partition coefficient (Wildman–Crippen LogP) is 2.22. The normalized spacial score (nSPS) is 33.9. The maximum absolute atomic E-state index is 12.3. The lowest BCUT2D eigenvalue weighted by molar-refractivity contribution is -0.137. The van der Waals surface area contributed by atoms with Crippen LogP contribution in [0.5, 0.6) is 0 Å². The molecule has 0 bridgehead atoms. The molecule has 1 heterocycles. The minimum absolute atomic E-state index is 0.182. The van der Waals surface area contributed by atoms with Crippen molar-refractivity contribution in [2.75, 3.05) is 33.4 Å². The number of ether oxygens (including phenoxy) is 2. The summed E-state index contributed by atoms with van der Waals surface area (Å²) in [5.74, 6) is 0.819. The first kappa shape index (κ1) is 14.3. The molecule has 1 saturated heterocycles. The molecule has 0 aromatic heterocycles. The molecule has 0 aromatic carbocycles. The average molecular weight is 281 g/mol. The second-order valence-electron chi connectivity index (χ2n) is 6.88. The Morgan fingerprint density at radius 3 is 2.80 bits per heavy atom. The minimum atomic E-state index is 0.182. The van der Waals surface area contributed by atoms with E-state index in [1.165, 1.54) is 32.1 Å². The van der Waals surface area contributed by atoms with E-state index in [0.29, 0.717) is 12.0 Å². The van der Waals surface area contributed by atoms with Crippen LogP contribution in [-0.2, 0) is 14.3 Å². The molecular weight excluding hydrogens is 254 g/mol. The van der Waals surface area contributed by atoms with Crippen molar-refractivity contribution in [1.29, 1.82) is 0 Å². The fourth-order valence-corrected chi connectivity index (χ4v) is 4.46. The van der Waals surface area contributed by atoms with E-state index in [9.17, 15) is 4.79 Å². The first-order valence-corrected chi connectivity index (χ1v) is 8.12. The van der Waals surface area contributed by atoms with E-state index >= 15 is 0 Å². The molecule has 1 amide bonds. The van der Waals surface area contributed by atoms with Crippen LogP contribution in [0.25, 0.3) is 0 Å². The van der Waals surface area contributed by atoms with Gasteiger partial charge in [-0.3, -0.25) is 4.79 Å². The molecular formula is C16H27NO3. The van der Waals surface area contributed by atoms with Crippen molar-refractivity contribution in [3.05, 3.63) is 0 Å². The number of nitrogens with zero attached hydrogens (tertiary/aromatic N) is 1. The molecule has 2 aliphatic carbocycles. The van der Waals surface area contributed by atoms with E-state index in [2.05, 4.69) is 0 Å². The topological polar surface area (TPSA) is 38.8 Å². The monoisotopic (exact) mass is 281 g/mol. The van der Waals surface area contributed by atoms with Gasteiger partial charge in [-0.25, -0.2) is 0 Å². The Bertz CT molecular complexity index is 354. The van der Waals surface area contributed by atoms with E-state index in [1.54, 1.807) is 7.11 Å². The molecule has 20 heavy (non-hydrogen) atoms. The quantitative estimate of drug-likeness (QED) is 0.775. The summed E-state index contributed by atoms with van der Waals surface area (Å²) in [6.45, 7) is 2.86. The molecule has 4 nitrogen and oxygen atoms in total. The summed E-state index contributed by atoms with van der Waals surface area (Å²) in [5.41, 5.74) is 0.234. The summed E-state index contributed by atoms with van der Waals surface area (Å²) in [7, 11) is 1.78. The molecule has 2 saturated carbocycles. The third kappa shape index (κ3) is 2.73. The standard InChI is InChI=1S/C16H27NO3/c1-19-12-16-8-4-5-13(16)9-17(11-16)15(18)10-20-14-6-2-3-7-14/h13-14H,2-12H2,1H3/t13-,16+/m1/s1. The van der Waals surface area contributed by atoms with Crippen LogP contribution in [0.3, 0.4) is 0 Å². The lowest BCUT2D eigenvalue weighted by Gasteiger charge is -2.27. The first-order chi connectivity index (χ1) is 9.73. The van der Waals surface area contributed by atoms with Gasteiger partial charge in [0.2, 0.25) is 5.91 Å². The lowest BCUT2D eigenvalue weighted by Crippen LogP contribution is -2.36. The summed E-state index contributed by atoms with van der Waals surface area (Å²) in [6, 6.07) is 0. The smallest absolute Gasteiger partial charge is 0.248 e. The zero-order valence-corrected chi connectivity index (χ0v) is 12.6. The van der Waals surface area contributed by atoms with E-state index < -0.39 is 0 Å². The summed E-state index contributed by atoms with van der Waals surface area (Å²) in [6.07, 6.45) is 8.83. The number of hydrogen-bond donors (Lipinski definition) is 0. The summed E-state index contributed by atoms with van der Waals surface area (Å²) < 4.78 is 11.2. The van der Waals surface area contributed by atoms with Crippen LogP contribution in [0.2, 0.25) is 0 Å². The second-order valence-corrected chi connectivity index (χ2v) is 6.88. The number of fused-ring (bicyclic) bond motifs is 1. The van der Waals surface area contributed by atoms with Crippen LogP contribution in [-0.4, -0.2) is 50.3 Å². The van der Waals surface area contributed by atoms with Crippen molar-refractivity contribution < 1.29 is 14.3 Å². The molecule has 2 atom stereocenters. The molecule has 0 aromatic rings. The molecule has 0 unspecified atom stereocenters. The molecule has 1 aliphatic heterocycles. The predicted molar refractivity (Wildman–Crippen MR) is 76.4 cm³/mol. The summed E-state index contributed by atoms with van der Waals surface area (Å²) >= 11 is 0. The Morgan fingerprint density at radius 2 is 2.05 bits per heavy atom. The number of methoxy groups -OCH3 is 1. The molecule has 3 aliphatic rings. The molecule has 0 spiro atoms. The molecule has 0 N–H and O–H groups in total. The maximum atomic E-state index is 12.3. The Kier molecular flexibility index (Phi) is 4.32. The molecule has 0 radical (unpaired) electrons. The Balaban J connectivity index is 1.52. The van der Waals surface area contributed by atoms with Crippen molar-refractivity contribution >= 4 is 5.91 Å². The van der Waals surface area contributed by atoms with Gasteiger partial charge >= 0.3 is 0 Å². The van der Waals surface area contributed by atoms with Crippen molar-refractivity contribution in [3.63, 3.8) is 0 Å². The number of likely N-dealkylation sites (tertiary alicyclic amines) is 1. The van der Waals surface area contributed by atoms with Gasteiger partial charge in [0.05, 0.1) is 12.7 Å². The maximum Gasteiger partial charge on any atom is 0.248 e. The molecule has 3 rings (SSSR count). The van der Waals surface area contributed by atoms with Crippen LogP contribution in [0.1, 0.15) is 44.9 Å². The third-order valence-electron chi connectivity index (χ3n) is 5.57. The van der Waals surface area contributed by atoms with E-state index in [0.717, 1.165) is 32.5 Å². The van der Waals surface area contributed by atoms with Gasteiger partial charge in [0.1, 0.15) is 6.61 Å². The van der Waals surface area contributed by atoms with Gasteiger partial charge in [0.25, 0.3) is 0 Å². The first-order valence-electron chi connectivity index (χ1n) is 8.12. The van der Waals surface area contributed by atoms with Crippen LogP contribution >= 0.6 is 0 Å². The third-order valence-corrected chi connectivity index (χ3v) is 5.57. The van der Waals surface area contributed by atoms with Gasteiger partial charge in [0.15, 0.2) is 0 Å². The molecule has 3 fully saturated rings. The number of hydrogen-bond acceptors (Lipinski definition) is 3. The van der Waals surface area contributed by atoms with Gasteiger partial charge in [-0.15, -0.1) is 0 Å². The van der Waals surface area contributed by atoms with Crippen molar-refractivity contribution in [3.8, 4) is 0 Å². The van der Waals surface area contributed by atoms with Crippen molar-refractivity contribution in [2.45, 2.75) is 51.0 Å². The Hall–Kier alpha value is -0.610. The van der Waals surface area contributed by atoms with Crippen LogP contribution in [0.15, 0.2) is 0 Å². The van der Waals surface area contributed by atoms with E-state index in [1.807, 2.05) is 4.90 Å². The number of rotatable bonds is 5. The summed E-state index contributed by atoms with van der Waals surface area (Å²) in [4.78, 5) is 14.4. The summed E-state index contributed by atoms with van der Waals surface area (Å²) in [5, 5.41) is 0. The molecule has 4 heteroatoms. The SMILES string of the molecule is COC[C@@]12CCC[C@@H]1CN(C(=O)COC1CCCC1)C2.